The third-order valence-corrected chi connectivity index (χ3v) is 5.11. The van der Waals surface area contributed by atoms with Crippen LogP contribution in [0, 0.1) is 17.2 Å². The third kappa shape index (κ3) is 5.39. The van der Waals surface area contributed by atoms with Crippen LogP contribution in [0.1, 0.15) is 18.5 Å². The number of ether oxygens (including phenoxy) is 2. The number of anilines is 2. The van der Waals surface area contributed by atoms with Gasteiger partial charge >= 0.3 is 11.8 Å². The second-order valence-electron chi connectivity index (χ2n) is 7.00. The molecule has 1 saturated heterocycles. The molecule has 31 heavy (non-hydrogen) atoms. The lowest BCUT2D eigenvalue weighted by atomic mass is 9.96. The van der Waals surface area contributed by atoms with E-state index >= 15 is 0 Å². The van der Waals surface area contributed by atoms with Crippen molar-refractivity contribution in [3.05, 3.63) is 36.3 Å². The largest absolute Gasteiger partial charge is 0.497 e. The minimum Gasteiger partial charge on any atom is -0.497 e. The van der Waals surface area contributed by atoms with Gasteiger partial charge in [0.1, 0.15) is 17.6 Å². The zero-order chi connectivity index (χ0) is 22.2. The van der Waals surface area contributed by atoms with Crippen LogP contribution in [0.15, 0.2) is 30.6 Å². The molecular formula is C21H24N6O4. The Morgan fingerprint density at radius 1 is 1.16 bits per heavy atom. The van der Waals surface area contributed by atoms with E-state index in [9.17, 15) is 14.9 Å². The summed E-state index contributed by atoms with van der Waals surface area (Å²) in [6.07, 6.45) is 4.67. The van der Waals surface area contributed by atoms with Gasteiger partial charge < -0.3 is 25.0 Å². The maximum absolute atomic E-state index is 12.3. The molecule has 0 saturated carbocycles. The Hall–Kier alpha value is -3.87. The Balaban J connectivity index is 1.48. The van der Waals surface area contributed by atoms with Gasteiger partial charge in [0.2, 0.25) is 0 Å². The van der Waals surface area contributed by atoms with E-state index in [1.807, 2.05) is 4.90 Å². The molecule has 0 bridgehead atoms. The molecule has 10 nitrogen and oxygen atoms in total. The van der Waals surface area contributed by atoms with E-state index in [2.05, 4.69) is 26.7 Å². The lowest BCUT2D eigenvalue weighted by Gasteiger charge is -2.32. The molecular weight excluding hydrogens is 400 g/mol. The Morgan fingerprint density at radius 3 is 2.58 bits per heavy atom. The van der Waals surface area contributed by atoms with Crippen molar-refractivity contribution in [1.29, 1.82) is 5.26 Å². The van der Waals surface area contributed by atoms with Gasteiger partial charge in [-0.3, -0.25) is 9.59 Å². The Morgan fingerprint density at radius 2 is 1.90 bits per heavy atom. The highest BCUT2D eigenvalue weighted by molar-refractivity contribution is 6.39. The fourth-order valence-electron chi connectivity index (χ4n) is 3.39. The predicted octanol–water partition coefficient (Wildman–Crippen LogP) is 1.34. The summed E-state index contributed by atoms with van der Waals surface area (Å²) in [6.45, 7) is 1.79. The first-order valence-corrected chi connectivity index (χ1v) is 9.83. The standard InChI is InChI=1S/C21H24N6O4/c1-30-15-3-4-16(18(11-15)31-2)26-21(29)20(28)25-13-14-5-9-27(10-6-14)19-17(12-22)23-7-8-24-19/h3-4,7-8,11,14H,5-6,9-10,13H2,1-2H3,(H,25,28)(H,26,29). The monoisotopic (exact) mass is 424 g/mol. The number of rotatable bonds is 6. The van der Waals surface area contributed by atoms with Gasteiger partial charge in [0.25, 0.3) is 0 Å². The van der Waals surface area contributed by atoms with Crippen molar-refractivity contribution in [3.8, 4) is 17.6 Å². The molecule has 0 radical (unpaired) electrons. The van der Waals surface area contributed by atoms with Gasteiger partial charge in [-0.1, -0.05) is 0 Å². The van der Waals surface area contributed by atoms with Gasteiger partial charge in [-0.2, -0.15) is 5.26 Å². The summed E-state index contributed by atoms with van der Waals surface area (Å²) < 4.78 is 10.3. The van der Waals surface area contributed by atoms with Crippen molar-refractivity contribution in [2.45, 2.75) is 12.8 Å². The van der Waals surface area contributed by atoms with Crippen LogP contribution < -0.4 is 25.0 Å². The molecule has 0 aliphatic carbocycles. The highest BCUT2D eigenvalue weighted by Crippen LogP contribution is 2.29. The molecule has 1 aliphatic rings. The van der Waals surface area contributed by atoms with E-state index in [-0.39, 0.29) is 5.92 Å². The van der Waals surface area contributed by atoms with E-state index in [0.29, 0.717) is 48.3 Å². The van der Waals surface area contributed by atoms with Crippen LogP contribution in [0.2, 0.25) is 0 Å². The first-order valence-electron chi connectivity index (χ1n) is 9.83. The number of piperidine rings is 1. The summed E-state index contributed by atoms with van der Waals surface area (Å²) in [6, 6.07) is 6.96. The number of nitrogens with zero attached hydrogens (tertiary/aromatic N) is 4. The van der Waals surface area contributed by atoms with Crippen molar-refractivity contribution in [3.63, 3.8) is 0 Å². The minimum atomic E-state index is -0.765. The molecule has 2 heterocycles. The molecule has 1 aromatic heterocycles. The Bertz CT molecular complexity index is 982. The van der Waals surface area contributed by atoms with Crippen molar-refractivity contribution >= 4 is 23.3 Å². The topological polar surface area (TPSA) is 129 Å². The minimum absolute atomic E-state index is 0.228. The van der Waals surface area contributed by atoms with Gasteiger partial charge in [-0.25, -0.2) is 9.97 Å². The van der Waals surface area contributed by atoms with Crippen LogP contribution in [0.5, 0.6) is 11.5 Å². The lowest BCUT2D eigenvalue weighted by molar-refractivity contribution is -0.136. The van der Waals surface area contributed by atoms with Crippen LogP contribution in [-0.2, 0) is 9.59 Å². The van der Waals surface area contributed by atoms with Gasteiger partial charge in [0, 0.05) is 38.1 Å². The van der Waals surface area contributed by atoms with Crippen molar-refractivity contribution < 1.29 is 19.1 Å². The second-order valence-corrected chi connectivity index (χ2v) is 7.00. The Kier molecular flexibility index (Phi) is 7.22. The summed E-state index contributed by atoms with van der Waals surface area (Å²) in [5, 5.41) is 14.4. The number of nitriles is 1. The van der Waals surface area contributed by atoms with Gasteiger partial charge in [0.15, 0.2) is 11.5 Å². The molecule has 0 atom stereocenters. The summed E-state index contributed by atoms with van der Waals surface area (Å²) in [5.74, 6) is 0.314. The smallest absolute Gasteiger partial charge is 0.313 e. The predicted molar refractivity (Wildman–Crippen MR) is 113 cm³/mol. The SMILES string of the molecule is COc1ccc(NC(=O)C(=O)NCC2CCN(c3nccnc3C#N)CC2)c(OC)c1. The number of carbonyl (C=O) groups excluding carboxylic acids is 2. The maximum atomic E-state index is 12.3. The van der Waals surface area contributed by atoms with E-state index in [0.717, 1.165) is 12.8 Å². The maximum Gasteiger partial charge on any atom is 0.313 e. The molecule has 2 amide bonds. The number of hydrogen-bond acceptors (Lipinski definition) is 8. The Labute approximate surface area is 180 Å². The number of nitrogens with one attached hydrogen (secondary N) is 2. The van der Waals surface area contributed by atoms with E-state index < -0.39 is 11.8 Å². The number of benzene rings is 1. The molecule has 10 heteroatoms. The molecule has 2 aromatic rings. The van der Waals surface area contributed by atoms with Crippen molar-refractivity contribution in [2.75, 3.05) is 44.1 Å². The molecule has 2 N–H and O–H groups in total. The quantitative estimate of drug-likeness (QED) is 0.665. The molecule has 0 unspecified atom stereocenters. The normalized spacial score (nSPS) is 13.8. The summed E-state index contributed by atoms with van der Waals surface area (Å²) in [7, 11) is 3.00. The average molecular weight is 424 g/mol. The highest BCUT2D eigenvalue weighted by Gasteiger charge is 2.24. The van der Waals surface area contributed by atoms with Crippen molar-refractivity contribution in [1.82, 2.24) is 15.3 Å². The summed E-state index contributed by atoms with van der Waals surface area (Å²) in [4.78, 5) is 34.8. The van der Waals surface area contributed by atoms with Gasteiger partial charge in [-0.15, -0.1) is 0 Å². The molecule has 0 spiro atoms. The zero-order valence-electron chi connectivity index (χ0n) is 17.4. The first kappa shape index (κ1) is 21.8. The zero-order valence-corrected chi connectivity index (χ0v) is 17.4. The second kappa shape index (κ2) is 10.2. The van der Waals surface area contributed by atoms with Crippen LogP contribution in [0.25, 0.3) is 0 Å². The van der Waals surface area contributed by atoms with Crippen LogP contribution in [0.4, 0.5) is 11.5 Å². The fourth-order valence-corrected chi connectivity index (χ4v) is 3.39. The van der Waals surface area contributed by atoms with Gasteiger partial charge in [0.05, 0.1) is 19.9 Å². The first-order chi connectivity index (χ1) is 15.0. The summed E-state index contributed by atoms with van der Waals surface area (Å²) in [5.41, 5.74) is 0.689. The molecule has 1 fully saturated rings. The van der Waals surface area contributed by atoms with E-state index in [4.69, 9.17) is 9.47 Å². The number of aromatic nitrogens is 2. The number of carbonyl (C=O) groups is 2. The fraction of sp³-hybridized carbons (Fsp3) is 0.381. The van der Waals surface area contributed by atoms with Gasteiger partial charge in [-0.05, 0) is 30.9 Å². The number of methoxy groups -OCH3 is 2. The molecule has 1 aliphatic heterocycles. The average Bonchev–Trinajstić information content (AvgIpc) is 2.82. The number of hydrogen-bond donors (Lipinski definition) is 2. The van der Waals surface area contributed by atoms with Crippen LogP contribution >= 0.6 is 0 Å². The molecule has 1 aromatic carbocycles. The summed E-state index contributed by atoms with van der Waals surface area (Å²) >= 11 is 0. The lowest BCUT2D eigenvalue weighted by Crippen LogP contribution is -2.42. The van der Waals surface area contributed by atoms with Crippen LogP contribution in [0.3, 0.4) is 0 Å². The highest BCUT2D eigenvalue weighted by atomic mass is 16.5. The molecule has 3 rings (SSSR count). The molecule has 162 valence electrons. The van der Waals surface area contributed by atoms with Crippen molar-refractivity contribution in [2.24, 2.45) is 5.92 Å². The van der Waals surface area contributed by atoms with E-state index in [1.54, 1.807) is 24.4 Å². The van der Waals surface area contributed by atoms with E-state index in [1.165, 1.54) is 20.4 Å². The number of amides is 2. The third-order valence-electron chi connectivity index (χ3n) is 5.11. The van der Waals surface area contributed by atoms with Crippen LogP contribution in [-0.4, -0.2) is 55.6 Å².